The summed E-state index contributed by atoms with van der Waals surface area (Å²) in [6, 6.07) is 11.4. The van der Waals surface area contributed by atoms with Crippen molar-refractivity contribution in [3.05, 3.63) is 71.3 Å². The minimum absolute atomic E-state index is 0.00370. The van der Waals surface area contributed by atoms with Crippen molar-refractivity contribution in [1.82, 2.24) is 9.97 Å². The van der Waals surface area contributed by atoms with Crippen molar-refractivity contribution in [2.75, 3.05) is 12.1 Å². The van der Waals surface area contributed by atoms with Crippen molar-refractivity contribution < 1.29 is 23.4 Å². The summed E-state index contributed by atoms with van der Waals surface area (Å²) in [6.45, 7) is 3.61. The highest BCUT2D eigenvalue weighted by atomic mass is 19.1. The van der Waals surface area contributed by atoms with E-state index in [2.05, 4.69) is 15.3 Å². The Labute approximate surface area is 172 Å². The van der Waals surface area contributed by atoms with E-state index in [-0.39, 0.29) is 24.5 Å². The molecule has 0 atom stereocenters. The van der Waals surface area contributed by atoms with Gasteiger partial charge in [-0.1, -0.05) is 18.2 Å². The molecule has 30 heavy (non-hydrogen) atoms. The van der Waals surface area contributed by atoms with E-state index in [4.69, 9.17) is 14.2 Å². The van der Waals surface area contributed by atoms with Crippen LogP contribution >= 0.6 is 0 Å². The average Bonchev–Trinajstić information content (AvgIpc) is 3.19. The van der Waals surface area contributed by atoms with E-state index in [1.165, 1.54) is 18.2 Å². The summed E-state index contributed by atoms with van der Waals surface area (Å²) >= 11 is 0. The normalized spacial score (nSPS) is 12.2. The van der Waals surface area contributed by atoms with Crippen molar-refractivity contribution in [3.8, 4) is 23.3 Å². The fraction of sp³-hybridized carbons (Fsp3) is 0.136. The number of aryl methyl sites for hydroxylation is 2. The number of carbonyl (C=O) groups is 1. The van der Waals surface area contributed by atoms with Gasteiger partial charge in [-0.3, -0.25) is 4.79 Å². The average molecular weight is 407 g/mol. The number of ether oxygens (including phenoxy) is 3. The second-order valence-corrected chi connectivity index (χ2v) is 6.52. The lowest BCUT2D eigenvalue weighted by molar-refractivity contribution is -0.111. The number of fused-ring (bicyclic) bond motifs is 1. The van der Waals surface area contributed by atoms with Crippen LogP contribution in [0.4, 0.5) is 10.1 Å². The van der Waals surface area contributed by atoms with Crippen LogP contribution in [0.15, 0.2) is 48.5 Å². The molecule has 3 aromatic rings. The molecule has 1 amide bonds. The first-order chi connectivity index (χ1) is 14.5. The number of carbonyl (C=O) groups excluding carboxylic acids is 1. The Bertz CT molecular complexity index is 1120. The van der Waals surface area contributed by atoms with E-state index in [0.29, 0.717) is 28.6 Å². The summed E-state index contributed by atoms with van der Waals surface area (Å²) in [4.78, 5) is 20.8. The first-order valence-corrected chi connectivity index (χ1v) is 9.16. The van der Waals surface area contributed by atoms with E-state index >= 15 is 0 Å². The van der Waals surface area contributed by atoms with Crippen molar-refractivity contribution in [3.63, 3.8) is 0 Å². The van der Waals surface area contributed by atoms with Gasteiger partial charge in [0.1, 0.15) is 0 Å². The summed E-state index contributed by atoms with van der Waals surface area (Å²) in [5.74, 6) is 0.494. The quantitative estimate of drug-likeness (QED) is 0.631. The number of amides is 1. The number of nitrogens with zero attached hydrogens (tertiary/aromatic N) is 2. The van der Waals surface area contributed by atoms with Gasteiger partial charge in [0.15, 0.2) is 23.1 Å². The Morgan fingerprint density at radius 1 is 1.10 bits per heavy atom. The molecule has 2 heterocycles. The van der Waals surface area contributed by atoms with Crippen molar-refractivity contribution in [2.45, 2.75) is 13.8 Å². The van der Waals surface area contributed by atoms with E-state index in [9.17, 15) is 9.18 Å². The van der Waals surface area contributed by atoms with Crippen molar-refractivity contribution >= 4 is 17.7 Å². The molecule has 7 nitrogen and oxygen atoms in total. The molecule has 0 saturated carbocycles. The molecule has 152 valence electrons. The Morgan fingerprint density at radius 3 is 2.60 bits per heavy atom. The second-order valence-electron chi connectivity index (χ2n) is 6.52. The van der Waals surface area contributed by atoms with Crippen LogP contribution in [-0.2, 0) is 4.79 Å². The molecule has 1 aromatic heterocycles. The second kappa shape index (κ2) is 8.20. The number of benzene rings is 2. The molecule has 2 aromatic carbocycles. The lowest BCUT2D eigenvalue weighted by atomic mass is 10.2. The van der Waals surface area contributed by atoms with Crippen LogP contribution in [0.3, 0.4) is 0 Å². The van der Waals surface area contributed by atoms with E-state index in [1.807, 2.05) is 6.07 Å². The summed E-state index contributed by atoms with van der Waals surface area (Å²) in [7, 11) is 0. The molecule has 1 aliphatic rings. The van der Waals surface area contributed by atoms with Crippen LogP contribution in [-0.4, -0.2) is 22.7 Å². The van der Waals surface area contributed by atoms with Crippen molar-refractivity contribution in [1.29, 1.82) is 0 Å². The van der Waals surface area contributed by atoms with Crippen LogP contribution in [0.25, 0.3) is 6.08 Å². The number of nitrogens with one attached hydrogen (secondary N) is 1. The van der Waals surface area contributed by atoms with Gasteiger partial charge in [-0.25, -0.2) is 4.39 Å². The van der Waals surface area contributed by atoms with Crippen LogP contribution in [0.1, 0.15) is 17.0 Å². The maximum atomic E-state index is 13.8. The third-order valence-corrected chi connectivity index (χ3v) is 4.36. The van der Waals surface area contributed by atoms with Gasteiger partial charge in [-0.2, -0.15) is 9.97 Å². The molecule has 0 spiro atoms. The molecule has 0 bridgehead atoms. The molecule has 1 N–H and O–H groups in total. The van der Waals surface area contributed by atoms with Gasteiger partial charge < -0.3 is 19.5 Å². The van der Waals surface area contributed by atoms with E-state index in [1.54, 1.807) is 44.2 Å². The van der Waals surface area contributed by atoms with Gasteiger partial charge in [0.05, 0.1) is 17.1 Å². The molecule has 1 aliphatic heterocycles. The van der Waals surface area contributed by atoms with E-state index in [0.717, 1.165) is 5.56 Å². The fourth-order valence-electron chi connectivity index (χ4n) is 2.89. The first kappa shape index (κ1) is 19.4. The summed E-state index contributed by atoms with van der Waals surface area (Å²) in [6.07, 6.45) is 3.07. The first-order valence-electron chi connectivity index (χ1n) is 9.16. The zero-order valence-electron chi connectivity index (χ0n) is 16.3. The Hall–Kier alpha value is -3.94. The largest absolute Gasteiger partial charge is 0.454 e. The van der Waals surface area contributed by atoms with Crippen LogP contribution in [0, 0.1) is 19.7 Å². The molecule has 0 aliphatic carbocycles. The molecular weight excluding hydrogens is 389 g/mol. The van der Waals surface area contributed by atoms with Gasteiger partial charge >= 0.3 is 6.01 Å². The molecule has 0 fully saturated rings. The zero-order valence-corrected chi connectivity index (χ0v) is 16.3. The lowest BCUT2D eigenvalue weighted by Gasteiger charge is -2.11. The highest BCUT2D eigenvalue weighted by Gasteiger charge is 2.14. The maximum absolute atomic E-state index is 13.8. The number of para-hydroxylation sites is 1. The molecular formula is C22H18FN3O4. The van der Waals surface area contributed by atoms with E-state index < -0.39 is 5.82 Å². The Morgan fingerprint density at radius 2 is 1.83 bits per heavy atom. The predicted octanol–water partition coefficient (Wildman–Crippen LogP) is 4.41. The molecule has 8 heteroatoms. The van der Waals surface area contributed by atoms with Crippen LogP contribution < -0.4 is 19.5 Å². The molecule has 0 unspecified atom stereocenters. The SMILES string of the molecule is Cc1nc(Oc2ccccc2F)nc(C)c1NC(=O)/C=C/c1ccc2c(c1)OCO2. The minimum Gasteiger partial charge on any atom is -0.454 e. The summed E-state index contributed by atoms with van der Waals surface area (Å²) in [5, 5.41) is 2.77. The number of hydrogen-bond acceptors (Lipinski definition) is 6. The smallest absolute Gasteiger partial charge is 0.322 e. The van der Waals surface area contributed by atoms with Gasteiger partial charge in [0.25, 0.3) is 0 Å². The molecule has 0 saturated heterocycles. The minimum atomic E-state index is -0.512. The number of anilines is 1. The zero-order chi connectivity index (χ0) is 21.1. The topological polar surface area (TPSA) is 82.6 Å². The summed E-state index contributed by atoms with van der Waals surface area (Å²) < 4.78 is 29.8. The van der Waals surface area contributed by atoms with Gasteiger partial charge in [-0.05, 0) is 49.8 Å². The third kappa shape index (κ3) is 4.22. The highest BCUT2D eigenvalue weighted by molar-refractivity contribution is 6.02. The fourth-order valence-corrected chi connectivity index (χ4v) is 2.89. The lowest BCUT2D eigenvalue weighted by Crippen LogP contribution is -2.12. The van der Waals surface area contributed by atoms with Crippen molar-refractivity contribution in [2.24, 2.45) is 0 Å². The monoisotopic (exact) mass is 407 g/mol. The van der Waals surface area contributed by atoms with Crippen LogP contribution in [0.2, 0.25) is 0 Å². The highest BCUT2D eigenvalue weighted by Crippen LogP contribution is 2.32. The number of hydrogen-bond donors (Lipinski definition) is 1. The third-order valence-electron chi connectivity index (χ3n) is 4.36. The number of rotatable bonds is 5. The predicted molar refractivity (Wildman–Crippen MR) is 108 cm³/mol. The summed E-state index contributed by atoms with van der Waals surface area (Å²) in [5.41, 5.74) is 2.27. The number of halogens is 1. The maximum Gasteiger partial charge on any atom is 0.322 e. The van der Waals surface area contributed by atoms with Crippen LogP contribution in [0.5, 0.6) is 23.3 Å². The van der Waals surface area contributed by atoms with Gasteiger partial charge in [0.2, 0.25) is 12.7 Å². The molecule has 4 rings (SSSR count). The van der Waals surface area contributed by atoms with Gasteiger partial charge in [-0.15, -0.1) is 0 Å². The Kier molecular flexibility index (Phi) is 5.30. The Balaban J connectivity index is 1.46. The van der Waals surface area contributed by atoms with Gasteiger partial charge in [0, 0.05) is 6.08 Å². The number of aromatic nitrogens is 2. The molecule has 0 radical (unpaired) electrons. The standard InChI is InChI=1S/C22H18FN3O4/c1-13-21(14(2)25-22(24-13)30-17-6-4-3-5-16(17)23)26-20(27)10-8-15-7-9-18-19(11-15)29-12-28-18/h3-11H,12H2,1-2H3,(H,26,27)/b10-8+.